The molecule has 1 rings (SSSR count). The second-order valence-electron chi connectivity index (χ2n) is 6.81. The smallest absolute Gasteiger partial charge is 0.370 e. The number of hydrogen-bond acceptors (Lipinski definition) is 4. The van der Waals surface area contributed by atoms with Crippen molar-refractivity contribution in [2.75, 3.05) is 6.17 Å². The fourth-order valence-corrected chi connectivity index (χ4v) is 5.32. The number of carbonyl (C=O) groups excluding carboxylic acids is 1. The van der Waals surface area contributed by atoms with Gasteiger partial charge >= 0.3 is 8.80 Å². The van der Waals surface area contributed by atoms with E-state index in [9.17, 15) is 26.7 Å². The van der Waals surface area contributed by atoms with Crippen molar-refractivity contribution in [3.05, 3.63) is 34.6 Å². The van der Waals surface area contributed by atoms with Gasteiger partial charge in [0, 0.05) is 18.3 Å². The van der Waals surface area contributed by atoms with E-state index in [4.69, 9.17) is 13.3 Å². The van der Waals surface area contributed by atoms with Gasteiger partial charge in [-0.3, -0.25) is 4.79 Å². The summed E-state index contributed by atoms with van der Waals surface area (Å²) >= 11 is 0. The van der Waals surface area contributed by atoms with Gasteiger partial charge in [0.05, 0.1) is 6.17 Å². The van der Waals surface area contributed by atoms with E-state index < -0.39 is 55.5 Å². The fourth-order valence-electron chi connectivity index (χ4n) is 2.37. The lowest BCUT2D eigenvalue weighted by atomic mass is 10.1. The Kier molecular flexibility index (Phi) is 8.54. The maximum Gasteiger partial charge on any atom is 0.521 e. The second kappa shape index (κ2) is 9.77. The third-order valence-electron chi connectivity index (χ3n) is 3.15. The number of benzene rings is 1. The quantitative estimate of drug-likeness (QED) is 0.280. The zero-order valence-corrected chi connectivity index (χ0v) is 17.5. The van der Waals surface area contributed by atoms with Crippen LogP contribution >= 0.6 is 0 Å². The number of nitrogens with one attached hydrogen (secondary N) is 1. The number of hydrogen-bond donors (Lipinski definition) is 1. The van der Waals surface area contributed by atoms with Crippen LogP contribution in [-0.4, -0.2) is 39.2 Å². The van der Waals surface area contributed by atoms with Crippen LogP contribution < -0.4 is 5.32 Å². The molecule has 0 atom stereocenters. The van der Waals surface area contributed by atoms with Gasteiger partial charge in [-0.25, -0.2) is 22.0 Å². The average Bonchev–Trinajstić information content (AvgIpc) is 2.54. The molecule has 0 spiro atoms. The van der Waals surface area contributed by atoms with Crippen LogP contribution in [0.15, 0.2) is 0 Å². The highest BCUT2D eigenvalue weighted by atomic mass is 28.4. The van der Waals surface area contributed by atoms with Crippen molar-refractivity contribution in [3.8, 4) is 0 Å². The van der Waals surface area contributed by atoms with E-state index in [0.29, 0.717) is 0 Å². The predicted molar refractivity (Wildman–Crippen MR) is 93.0 cm³/mol. The molecule has 0 saturated carbocycles. The molecule has 1 N–H and O–H groups in total. The van der Waals surface area contributed by atoms with Gasteiger partial charge in [-0.1, -0.05) is 0 Å². The minimum Gasteiger partial charge on any atom is -0.370 e. The summed E-state index contributed by atoms with van der Waals surface area (Å²) in [5.41, 5.74) is -1.59. The lowest BCUT2D eigenvalue weighted by Crippen LogP contribution is -2.58. The summed E-state index contributed by atoms with van der Waals surface area (Å²) in [5, 5.41) is 2.12. The van der Waals surface area contributed by atoms with Crippen LogP contribution in [0.5, 0.6) is 0 Å². The fraction of sp³-hybridized carbons (Fsp3) is 0.588. The maximum absolute atomic E-state index is 13.8. The first-order chi connectivity index (χ1) is 12.8. The van der Waals surface area contributed by atoms with Crippen molar-refractivity contribution in [3.63, 3.8) is 0 Å². The van der Waals surface area contributed by atoms with E-state index in [1.54, 1.807) is 41.5 Å². The van der Waals surface area contributed by atoms with Gasteiger partial charge in [-0.15, -0.1) is 0 Å². The van der Waals surface area contributed by atoms with Gasteiger partial charge in [-0.2, -0.15) is 0 Å². The van der Waals surface area contributed by atoms with Gasteiger partial charge in [0.15, 0.2) is 23.3 Å². The van der Waals surface area contributed by atoms with E-state index in [0.717, 1.165) is 0 Å². The molecule has 0 bridgehead atoms. The number of halogens is 5. The summed E-state index contributed by atoms with van der Waals surface area (Å²) in [5.74, 6) is -12.7. The van der Waals surface area contributed by atoms with Crippen molar-refractivity contribution in [2.45, 2.75) is 59.9 Å². The number of amides is 1. The Morgan fingerprint density at radius 2 is 1.07 bits per heavy atom. The monoisotopic (exact) mass is 429 g/mol. The lowest BCUT2D eigenvalue weighted by Gasteiger charge is -2.34. The highest BCUT2D eigenvalue weighted by Crippen LogP contribution is 2.23. The highest BCUT2D eigenvalue weighted by Gasteiger charge is 2.45. The van der Waals surface area contributed by atoms with Crippen molar-refractivity contribution in [1.29, 1.82) is 0 Å². The van der Waals surface area contributed by atoms with Crippen LogP contribution in [0.25, 0.3) is 0 Å². The Hall–Kier alpha value is -1.56. The van der Waals surface area contributed by atoms with Gasteiger partial charge in [0.1, 0.15) is 5.56 Å². The molecule has 1 aromatic rings. The van der Waals surface area contributed by atoms with Gasteiger partial charge < -0.3 is 18.6 Å². The molecule has 11 heteroatoms. The maximum atomic E-state index is 13.8. The summed E-state index contributed by atoms with van der Waals surface area (Å²) in [6.07, 6.45) is -1.57. The highest BCUT2D eigenvalue weighted by molar-refractivity contribution is 6.61. The SMILES string of the molecule is CC(C)O[Si](CNC(=O)c1c(F)c(F)c(F)c(F)c1F)(OC(C)C)OC(C)C. The standard InChI is InChI=1S/C17H24F5NO4Si/c1-8(2)25-28(26-9(3)4,27-10(5)6)7-23-17(24)11-12(18)14(20)16(22)15(21)13(11)19/h8-10H,7H2,1-6H3,(H,23,24). The summed E-state index contributed by atoms with van der Waals surface area (Å²) in [4.78, 5) is 12.2. The minimum absolute atomic E-state index is 0.379. The largest absolute Gasteiger partial charge is 0.521 e. The molecule has 0 aliphatic rings. The summed E-state index contributed by atoms with van der Waals surface area (Å²) in [6, 6.07) is 0. The summed E-state index contributed by atoms with van der Waals surface area (Å²) in [6.45, 7) is 10.2. The third kappa shape index (κ3) is 5.97. The molecule has 0 aliphatic heterocycles. The molecular formula is C17H24F5NO4Si. The van der Waals surface area contributed by atoms with Crippen LogP contribution in [0.4, 0.5) is 22.0 Å². The second-order valence-corrected chi connectivity index (χ2v) is 9.24. The average molecular weight is 429 g/mol. The molecule has 0 fully saturated rings. The molecule has 0 aromatic heterocycles. The lowest BCUT2D eigenvalue weighted by molar-refractivity contribution is 0.00237. The van der Waals surface area contributed by atoms with E-state index in [-0.39, 0.29) is 18.3 Å². The third-order valence-corrected chi connectivity index (χ3v) is 6.25. The zero-order valence-electron chi connectivity index (χ0n) is 16.5. The topological polar surface area (TPSA) is 56.8 Å². The summed E-state index contributed by atoms with van der Waals surface area (Å²) in [7, 11) is -3.59. The molecule has 160 valence electrons. The Bertz CT molecular complexity index is 660. The molecular weight excluding hydrogens is 405 g/mol. The molecule has 0 saturated heterocycles. The van der Waals surface area contributed by atoms with Gasteiger partial charge in [0.25, 0.3) is 5.91 Å². The van der Waals surface area contributed by atoms with Crippen LogP contribution in [-0.2, 0) is 13.3 Å². The molecule has 0 unspecified atom stereocenters. The van der Waals surface area contributed by atoms with Crippen LogP contribution in [0.3, 0.4) is 0 Å². The molecule has 0 aliphatic carbocycles. The van der Waals surface area contributed by atoms with E-state index in [2.05, 4.69) is 5.32 Å². The van der Waals surface area contributed by atoms with Crippen molar-refractivity contribution in [2.24, 2.45) is 0 Å². The van der Waals surface area contributed by atoms with E-state index >= 15 is 0 Å². The Morgan fingerprint density at radius 1 is 0.750 bits per heavy atom. The van der Waals surface area contributed by atoms with Gasteiger partial charge in [-0.05, 0) is 41.5 Å². The number of carbonyl (C=O) groups is 1. The number of rotatable bonds is 9. The first-order valence-electron chi connectivity index (χ1n) is 8.64. The zero-order chi connectivity index (χ0) is 21.8. The van der Waals surface area contributed by atoms with Crippen LogP contribution in [0.2, 0.25) is 0 Å². The molecule has 0 radical (unpaired) electrons. The van der Waals surface area contributed by atoms with Crippen LogP contribution in [0.1, 0.15) is 51.9 Å². The Labute approximate surface area is 161 Å². The first kappa shape index (κ1) is 24.5. The molecule has 5 nitrogen and oxygen atoms in total. The summed E-state index contributed by atoms with van der Waals surface area (Å²) < 4.78 is 84.8. The van der Waals surface area contributed by atoms with Gasteiger partial charge in [0.2, 0.25) is 5.82 Å². The minimum atomic E-state index is -3.59. The predicted octanol–water partition coefficient (Wildman–Crippen LogP) is 3.87. The normalized spacial score (nSPS) is 12.4. The van der Waals surface area contributed by atoms with Crippen LogP contribution in [0, 0.1) is 29.1 Å². The van der Waals surface area contributed by atoms with Crippen molar-refractivity contribution >= 4 is 14.7 Å². The molecule has 1 aromatic carbocycles. The Balaban J connectivity index is 3.21. The molecule has 0 heterocycles. The Morgan fingerprint density at radius 3 is 1.39 bits per heavy atom. The van der Waals surface area contributed by atoms with Crippen molar-refractivity contribution in [1.82, 2.24) is 5.32 Å². The van der Waals surface area contributed by atoms with Crippen molar-refractivity contribution < 1.29 is 40.0 Å². The van der Waals surface area contributed by atoms with E-state index in [1.807, 2.05) is 0 Å². The first-order valence-corrected chi connectivity index (χ1v) is 10.6. The molecule has 28 heavy (non-hydrogen) atoms. The van der Waals surface area contributed by atoms with E-state index in [1.165, 1.54) is 0 Å². The molecule has 1 amide bonds.